The number of benzene rings is 1. The van der Waals surface area contributed by atoms with E-state index in [0.717, 1.165) is 12.1 Å². The molecule has 0 aliphatic carbocycles. The third-order valence-electron chi connectivity index (χ3n) is 2.06. The lowest BCUT2D eigenvalue weighted by atomic mass is 10.1. The Bertz CT molecular complexity index is 603. The molecule has 0 radical (unpaired) electrons. The maximum absolute atomic E-state index is 13.2. The number of hydrogen-bond donors (Lipinski definition) is 2. The van der Waals surface area contributed by atoms with Gasteiger partial charge in [0.05, 0.1) is 11.1 Å². The molecule has 0 amide bonds. The number of pyridine rings is 1. The number of aromatic amines is 1. The van der Waals surface area contributed by atoms with Crippen LogP contribution < -0.4 is 5.56 Å². The van der Waals surface area contributed by atoms with Gasteiger partial charge in [-0.25, -0.2) is 9.18 Å². The average Bonchev–Trinajstić information content (AvgIpc) is 2.18. The fraction of sp³-hybridized carbons (Fsp3) is 0. The van der Waals surface area contributed by atoms with E-state index >= 15 is 0 Å². The van der Waals surface area contributed by atoms with Crippen LogP contribution in [0.1, 0.15) is 10.4 Å². The van der Waals surface area contributed by atoms with Gasteiger partial charge in [0.15, 0.2) is 0 Å². The summed E-state index contributed by atoms with van der Waals surface area (Å²) in [5, 5.41) is 9.01. The van der Waals surface area contributed by atoms with E-state index < -0.39 is 17.3 Å². The highest BCUT2D eigenvalue weighted by molar-refractivity contribution is 6.02. The molecule has 1 heterocycles. The van der Waals surface area contributed by atoms with Crippen molar-refractivity contribution in [2.75, 3.05) is 0 Å². The highest BCUT2D eigenvalue weighted by atomic mass is 19.1. The number of para-hydroxylation sites is 1. The van der Waals surface area contributed by atoms with E-state index in [1.165, 1.54) is 12.1 Å². The monoisotopic (exact) mass is 207 g/mol. The van der Waals surface area contributed by atoms with E-state index in [0.29, 0.717) is 0 Å². The Hall–Kier alpha value is -2.17. The largest absolute Gasteiger partial charge is 0.478 e. The van der Waals surface area contributed by atoms with Gasteiger partial charge in [-0.2, -0.15) is 0 Å². The second-order valence-corrected chi connectivity index (χ2v) is 3.01. The highest BCUT2D eigenvalue weighted by Crippen LogP contribution is 2.17. The Morgan fingerprint density at radius 1 is 1.40 bits per heavy atom. The number of carboxylic acids is 1. The second kappa shape index (κ2) is 3.20. The summed E-state index contributed by atoms with van der Waals surface area (Å²) in [6.07, 6.45) is 0. The van der Waals surface area contributed by atoms with Crippen molar-refractivity contribution in [1.29, 1.82) is 0 Å². The Kier molecular flexibility index (Phi) is 2.00. The molecule has 0 bridgehead atoms. The Balaban J connectivity index is 2.99. The van der Waals surface area contributed by atoms with Gasteiger partial charge < -0.3 is 10.1 Å². The molecule has 0 unspecified atom stereocenters. The van der Waals surface area contributed by atoms with Crippen molar-refractivity contribution in [3.05, 3.63) is 46.0 Å². The Morgan fingerprint density at radius 2 is 2.13 bits per heavy atom. The number of rotatable bonds is 1. The summed E-state index contributed by atoms with van der Waals surface area (Å²) in [5.74, 6) is -1.90. The van der Waals surface area contributed by atoms with Crippen molar-refractivity contribution >= 4 is 16.9 Å². The predicted octanol–water partition coefficient (Wildman–Crippen LogP) is 1.37. The smallest absolute Gasteiger partial charge is 0.336 e. The quantitative estimate of drug-likeness (QED) is 0.741. The molecular formula is C10H6FNO3. The summed E-state index contributed by atoms with van der Waals surface area (Å²) in [6, 6.07) is 4.92. The molecule has 4 nitrogen and oxygen atoms in total. The van der Waals surface area contributed by atoms with E-state index in [1.54, 1.807) is 0 Å². The molecular weight excluding hydrogens is 201 g/mol. The second-order valence-electron chi connectivity index (χ2n) is 3.01. The first kappa shape index (κ1) is 9.39. The number of aromatic carboxylic acids is 1. The summed E-state index contributed by atoms with van der Waals surface area (Å²) in [6.45, 7) is 0. The van der Waals surface area contributed by atoms with Crippen LogP contribution in [0.4, 0.5) is 4.39 Å². The zero-order valence-electron chi connectivity index (χ0n) is 7.45. The van der Waals surface area contributed by atoms with E-state index in [1.807, 2.05) is 0 Å². The molecule has 0 atom stereocenters. The summed E-state index contributed by atoms with van der Waals surface area (Å²) in [5.41, 5.74) is -0.916. The van der Waals surface area contributed by atoms with Gasteiger partial charge in [-0.15, -0.1) is 0 Å². The maximum atomic E-state index is 13.2. The fourth-order valence-electron chi connectivity index (χ4n) is 1.42. The van der Waals surface area contributed by atoms with Crippen LogP contribution in [-0.2, 0) is 0 Å². The minimum absolute atomic E-state index is 0.0811. The number of carboxylic acid groups (broad SMARTS) is 1. The average molecular weight is 207 g/mol. The molecule has 0 spiro atoms. The highest BCUT2D eigenvalue weighted by Gasteiger charge is 2.11. The normalized spacial score (nSPS) is 10.5. The number of aromatic nitrogens is 1. The summed E-state index contributed by atoms with van der Waals surface area (Å²) >= 11 is 0. The van der Waals surface area contributed by atoms with Crippen LogP contribution in [0.25, 0.3) is 10.9 Å². The lowest BCUT2D eigenvalue weighted by molar-refractivity contribution is 0.0699. The van der Waals surface area contributed by atoms with Crippen molar-refractivity contribution in [3.8, 4) is 0 Å². The molecule has 2 aromatic rings. The SMILES string of the molecule is O=C(O)c1cc(=O)[nH]c2c(F)cccc12. The minimum atomic E-state index is -1.25. The van der Waals surface area contributed by atoms with Crippen molar-refractivity contribution < 1.29 is 14.3 Å². The first-order valence-electron chi connectivity index (χ1n) is 4.14. The van der Waals surface area contributed by atoms with Gasteiger partial charge in [0.1, 0.15) is 5.82 Å². The van der Waals surface area contributed by atoms with Gasteiger partial charge in [0.2, 0.25) is 5.56 Å². The van der Waals surface area contributed by atoms with Crippen LogP contribution >= 0.6 is 0 Å². The van der Waals surface area contributed by atoms with E-state index in [2.05, 4.69) is 4.98 Å². The first-order valence-corrected chi connectivity index (χ1v) is 4.14. The summed E-state index contributed by atoms with van der Waals surface area (Å²) in [4.78, 5) is 24.1. The molecule has 15 heavy (non-hydrogen) atoms. The fourth-order valence-corrected chi connectivity index (χ4v) is 1.42. The number of nitrogens with one attached hydrogen (secondary N) is 1. The molecule has 0 fully saturated rings. The van der Waals surface area contributed by atoms with E-state index in [-0.39, 0.29) is 16.5 Å². The van der Waals surface area contributed by atoms with Gasteiger partial charge in [-0.1, -0.05) is 12.1 Å². The predicted molar refractivity (Wildman–Crippen MR) is 51.5 cm³/mol. The molecule has 0 aliphatic heterocycles. The molecule has 76 valence electrons. The number of H-pyrrole nitrogens is 1. The van der Waals surface area contributed by atoms with Gasteiger partial charge in [-0.05, 0) is 6.07 Å². The molecule has 0 saturated heterocycles. The lowest BCUT2D eigenvalue weighted by Crippen LogP contribution is -2.10. The summed E-state index contributed by atoms with van der Waals surface area (Å²) in [7, 11) is 0. The number of carbonyl (C=O) groups is 1. The lowest BCUT2D eigenvalue weighted by Gasteiger charge is -2.02. The van der Waals surface area contributed by atoms with Gasteiger partial charge in [0.25, 0.3) is 0 Å². The Morgan fingerprint density at radius 3 is 2.80 bits per heavy atom. The third kappa shape index (κ3) is 1.48. The van der Waals surface area contributed by atoms with Gasteiger partial charge in [0, 0.05) is 11.5 Å². The molecule has 1 aromatic heterocycles. The zero-order valence-corrected chi connectivity index (χ0v) is 7.45. The minimum Gasteiger partial charge on any atom is -0.478 e. The third-order valence-corrected chi connectivity index (χ3v) is 2.06. The van der Waals surface area contributed by atoms with E-state index in [4.69, 9.17) is 5.11 Å². The van der Waals surface area contributed by atoms with E-state index in [9.17, 15) is 14.0 Å². The van der Waals surface area contributed by atoms with Crippen LogP contribution in [0.3, 0.4) is 0 Å². The number of fused-ring (bicyclic) bond motifs is 1. The van der Waals surface area contributed by atoms with Crippen LogP contribution in [0.2, 0.25) is 0 Å². The first-order chi connectivity index (χ1) is 7.09. The Labute approximate surface area is 83.0 Å². The molecule has 2 rings (SSSR count). The van der Waals surface area contributed by atoms with Crippen molar-refractivity contribution in [3.63, 3.8) is 0 Å². The molecule has 2 N–H and O–H groups in total. The van der Waals surface area contributed by atoms with Crippen molar-refractivity contribution in [2.45, 2.75) is 0 Å². The van der Waals surface area contributed by atoms with Crippen molar-refractivity contribution in [2.24, 2.45) is 0 Å². The van der Waals surface area contributed by atoms with Crippen LogP contribution in [-0.4, -0.2) is 16.1 Å². The molecule has 5 heteroatoms. The van der Waals surface area contributed by atoms with Gasteiger partial charge in [-0.3, -0.25) is 4.79 Å². The van der Waals surface area contributed by atoms with Crippen LogP contribution in [0, 0.1) is 5.82 Å². The van der Waals surface area contributed by atoms with Crippen LogP contribution in [0.15, 0.2) is 29.1 Å². The summed E-state index contributed by atoms with van der Waals surface area (Å²) < 4.78 is 13.2. The topological polar surface area (TPSA) is 70.2 Å². The standard InChI is InChI=1S/C10H6FNO3/c11-7-3-1-2-5-6(10(14)15)4-8(13)12-9(5)7/h1-4H,(H,12,13)(H,14,15). The zero-order chi connectivity index (χ0) is 11.0. The molecule has 1 aromatic carbocycles. The van der Waals surface area contributed by atoms with Crippen molar-refractivity contribution in [1.82, 2.24) is 4.98 Å². The number of halogens is 1. The molecule has 0 aliphatic rings. The van der Waals surface area contributed by atoms with Crippen LogP contribution in [0.5, 0.6) is 0 Å². The molecule has 0 saturated carbocycles. The maximum Gasteiger partial charge on any atom is 0.336 e. The number of hydrogen-bond acceptors (Lipinski definition) is 2. The van der Waals surface area contributed by atoms with Gasteiger partial charge >= 0.3 is 5.97 Å².